The molecule has 3 N–H and O–H groups in total. The lowest BCUT2D eigenvalue weighted by Gasteiger charge is -2.30. The fraction of sp³-hybridized carbons (Fsp3) is 0.385. The zero-order valence-corrected chi connectivity index (χ0v) is 10.9. The quantitative estimate of drug-likeness (QED) is 0.617. The van der Waals surface area contributed by atoms with Crippen LogP contribution in [0.25, 0.3) is 0 Å². The summed E-state index contributed by atoms with van der Waals surface area (Å²) in [6.45, 7) is 1.62. The van der Waals surface area contributed by atoms with E-state index in [2.05, 4.69) is 0 Å². The summed E-state index contributed by atoms with van der Waals surface area (Å²) in [5, 5.41) is 1.66. The number of ketones is 1. The Labute approximate surface area is 117 Å². The number of nitrogen functional groups attached to an aromatic ring is 1. The Morgan fingerprint density at radius 2 is 2.00 bits per heavy atom. The molecule has 0 heterocycles. The van der Waals surface area contributed by atoms with Gasteiger partial charge in [0, 0.05) is 11.3 Å². The molecule has 8 heteroatoms. The topological polar surface area (TPSA) is 72.2 Å². The van der Waals surface area contributed by atoms with Gasteiger partial charge in [-0.1, -0.05) is 6.92 Å². The Hall–Kier alpha value is -2.12. The van der Waals surface area contributed by atoms with Crippen molar-refractivity contribution in [3.8, 4) is 0 Å². The third-order valence-electron chi connectivity index (χ3n) is 3.41. The van der Waals surface area contributed by atoms with Crippen molar-refractivity contribution in [3.05, 3.63) is 29.1 Å². The van der Waals surface area contributed by atoms with E-state index in [1.807, 2.05) is 0 Å². The minimum absolute atomic E-state index is 0.0253. The van der Waals surface area contributed by atoms with Crippen molar-refractivity contribution >= 4 is 17.4 Å². The second kappa shape index (κ2) is 5.01. The summed E-state index contributed by atoms with van der Waals surface area (Å²) in [7, 11) is 0. The van der Waals surface area contributed by atoms with Gasteiger partial charge < -0.3 is 11.1 Å². The predicted molar refractivity (Wildman–Crippen MR) is 66.2 cm³/mol. The van der Waals surface area contributed by atoms with Crippen LogP contribution in [-0.4, -0.2) is 23.9 Å². The van der Waals surface area contributed by atoms with E-state index in [0.717, 1.165) is 12.1 Å². The summed E-state index contributed by atoms with van der Waals surface area (Å²) in [6, 6.07) is 0.738. The van der Waals surface area contributed by atoms with Gasteiger partial charge in [-0.2, -0.15) is 13.2 Å². The number of anilines is 1. The molecule has 0 radical (unpaired) electrons. The van der Waals surface area contributed by atoms with Crippen molar-refractivity contribution < 1.29 is 27.2 Å². The average Bonchev–Trinajstić information content (AvgIpc) is 2.33. The molecule has 21 heavy (non-hydrogen) atoms. The standard InChI is InChI=1S/C13H12F4N2O2/c1-5-2-9(19-12(21)13(15,16)17)11(20)10-7(5)3-6(14)4-8(10)18/h3-5,9H,2,18H2,1H3,(H,19,21). The van der Waals surface area contributed by atoms with Gasteiger partial charge in [-0.25, -0.2) is 4.39 Å². The molecule has 1 amide bonds. The third-order valence-corrected chi connectivity index (χ3v) is 3.41. The van der Waals surface area contributed by atoms with E-state index in [-0.39, 0.29) is 17.7 Å². The summed E-state index contributed by atoms with van der Waals surface area (Å²) >= 11 is 0. The number of benzene rings is 1. The maximum atomic E-state index is 13.3. The largest absolute Gasteiger partial charge is 0.471 e. The summed E-state index contributed by atoms with van der Waals surface area (Å²) in [4.78, 5) is 23.1. The Kier molecular flexibility index (Phi) is 3.65. The fourth-order valence-electron chi connectivity index (χ4n) is 2.45. The Balaban J connectivity index is 2.35. The smallest absolute Gasteiger partial charge is 0.398 e. The van der Waals surface area contributed by atoms with Crippen molar-refractivity contribution in [2.45, 2.75) is 31.5 Å². The lowest BCUT2D eigenvalue weighted by molar-refractivity contribution is -0.174. The van der Waals surface area contributed by atoms with Crippen molar-refractivity contribution in [1.29, 1.82) is 0 Å². The van der Waals surface area contributed by atoms with Crippen LogP contribution in [0.15, 0.2) is 12.1 Å². The molecule has 114 valence electrons. The van der Waals surface area contributed by atoms with Gasteiger partial charge in [0.05, 0.1) is 6.04 Å². The number of nitrogens with two attached hydrogens (primary N) is 1. The molecule has 0 saturated carbocycles. The Morgan fingerprint density at radius 3 is 2.57 bits per heavy atom. The maximum absolute atomic E-state index is 13.3. The van der Waals surface area contributed by atoms with Gasteiger partial charge in [-0.05, 0) is 30.0 Å². The number of carbonyl (C=O) groups is 2. The van der Waals surface area contributed by atoms with Crippen LogP contribution in [-0.2, 0) is 4.79 Å². The second-order valence-corrected chi connectivity index (χ2v) is 4.98. The van der Waals surface area contributed by atoms with E-state index >= 15 is 0 Å². The molecule has 2 atom stereocenters. The van der Waals surface area contributed by atoms with Gasteiger partial charge in [0.1, 0.15) is 5.82 Å². The first kappa shape index (κ1) is 15.3. The molecule has 4 nitrogen and oxygen atoms in total. The first-order chi connectivity index (χ1) is 9.61. The highest BCUT2D eigenvalue weighted by Crippen LogP contribution is 2.35. The highest BCUT2D eigenvalue weighted by molar-refractivity contribution is 6.08. The summed E-state index contributed by atoms with van der Waals surface area (Å²) < 4.78 is 50.1. The number of carbonyl (C=O) groups excluding carboxylic acids is 2. The fourth-order valence-corrected chi connectivity index (χ4v) is 2.45. The summed E-state index contributed by atoms with van der Waals surface area (Å²) in [6.07, 6.45) is -5.12. The van der Waals surface area contributed by atoms with Gasteiger partial charge in [-0.15, -0.1) is 0 Å². The molecule has 2 unspecified atom stereocenters. The normalized spacial score (nSPS) is 21.9. The molecule has 0 spiro atoms. The van der Waals surface area contributed by atoms with Gasteiger partial charge in [-0.3, -0.25) is 9.59 Å². The van der Waals surface area contributed by atoms with E-state index in [1.165, 1.54) is 0 Å². The average molecular weight is 304 g/mol. The van der Waals surface area contributed by atoms with E-state index < -0.39 is 35.6 Å². The maximum Gasteiger partial charge on any atom is 0.471 e. The van der Waals surface area contributed by atoms with Crippen molar-refractivity contribution in [1.82, 2.24) is 5.32 Å². The molecule has 0 aromatic heterocycles. The van der Waals surface area contributed by atoms with Crippen LogP contribution >= 0.6 is 0 Å². The minimum Gasteiger partial charge on any atom is -0.398 e. The molecule has 1 aliphatic carbocycles. The van der Waals surface area contributed by atoms with E-state index in [1.54, 1.807) is 12.2 Å². The number of hydrogen-bond donors (Lipinski definition) is 2. The molecular formula is C13H12F4N2O2. The highest BCUT2D eigenvalue weighted by Gasteiger charge is 2.43. The first-order valence-corrected chi connectivity index (χ1v) is 6.12. The number of hydrogen-bond acceptors (Lipinski definition) is 3. The molecule has 1 aromatic carbocycles. The molecular weight excluding hydrogens is 292 g/mol. The Morgan fingerprint density at radius 1 is 1.38 bits per heavy atom. The Bertz CT molecular complexity index is 613. The zero-order valence-electron chi connectivity index (χ0n) is 10.9. The zero-order chi connectivity index (χ0) is 15.9. The summed E-state index contributed by atoms with van der Waals surface area (Å²) in [5.74, 6) is -3.95. The molecule has 1 aliphatic rings. The lowest BCUT2D eigenvalue weighted by atomic mass is 9.79. The highest BCUT2D eigenvalue weighted by atomic mass is 19.4. The van der Waals surface area contributed by atoms with Gasteiger partial charge >= 0.3 is 12.1 Å². The molecule has 2 rings (SSSR count). The van der Waals surface area contributed by atoms with Gasteiger partial charge in [0.25, 0.3) is 0 Å². The van der Waals surface area contributed by atoms with Gasteiger partial charge in [0.2, 0.25) is 0 Å². The van der Waals surface area contributed by atoms with Crippen LogP contribution < -0.4 is 11.1 Å². The molecule has 1 aromatic rings. The van der Waals surface area contributed by atoms with Crippen LogP contribution in [0.3, 0.4) is 0 Å². The number of Topliss-reactive ketones (excluding diaryl/α,β-unsaturated/α-hetero) is 1. The van der Waals surface area contributed by atoms with Crippen molar-refractivity contribution in [2.24, 2.45) is 0 Å². The van der Waals surface area contributed by atoms with E-state index in [9.17, 15) is 27.2 Å². The number of alkyl halides is 3. The number of rotatable bonds is 1. The first-order valence-electron chi connectivity index (χ1n) is 6.12. The number of amides is 1. The molecule has 0 saturated heterocycles. The van der Waals surface area contributed by atoms with Crippen LogP contribution in [0.4, 0.5) is 23.2 Å². The predicted octanol–water partition coefficient (Wildman–Crippen LogP) is 2.14. The van der Waals surface area contributed by atoms with Crippen LogP contribution in [0.5, 0.6) is 0 Å². The van der Waals surface area contributed by atoms with Crippen LogP contribution in [0, 0.1) is 5.82 Å². The molecule has 0 aliphatic heterocycles. The third kappa shape index (κ3) is 2.84. The lowest BCUT2D eigenvalue weighted by Crippen LogP contribution is -2.49. The number of halogens is 4. The number of fused-ring (bicyclic) bond motifs is 1. The van der Waals surface area contributed by atoms with E-state index in [4.69, 9.17) is 5.73 Å². The monoisotopic (exact) mass is 304 g/mol. The number of nitrogens with one attached hydrogen (secondary N) is 1. The van der Waals surface area contributed by atoms with Crippen LogP contribution in [0.2, 0.25) is 0 Å². The van der Waals surface area contributed by atoms with Crippen LogP contribution in [0.1, 0.15) is 35.2 Å². The molecule has 0 bridgehead atoms. The summed E-state index contributed by atoms with van der Waals surface area (Å²) in [5.41, 5.74) is 5.75. The SMILES string of the molecule is CC1CC(NC(=O)C(F)(F)F)C(=O)c2c(N)cc(F)cc21. The van der Waals surface area contributed by atoms with Gasteiger partial charge in [0.15, 0.2) is 5.78 Å². The second-order valence-electron chi connectivity index (χ2n) is 4.98. The van der Waals surface area contributed by atoms with E-state index in [0.29, 0.717) is 5.56 Å². The molecule has 0 fully saturated rings. The minimum atomic E-state index is -5.07. The van der Waals surface area contributed by atoms with Crippen molar-refractivity contribution in [3.63, 3.8) is 0 Å². The van der Waals surface area contributed by atoms with Crippen molar-refractivity contribution in [2.75, 3.05) is 5.73 Å².